The minimum absolute atomic E-state index is 0.361. The first-order valence-corrected chi connectivity index (χ1v) is 4.90. The molecule has 0 aliphatic heterocycles. The Hall–Kier alpha value is -1.97. The number of aryl methyl sites for hydroxylation is 1. The van der Waals surface area contributed by atoms with Crippen molar-refractivity contribution in [2.45, 2.75) is 13.5 Å². The molecule has 0 bridgehead atoms. The van der Waals surface area contributed by atoms with E-state index in [1.165, 1.54) is 12.3 Å². The summed E-state index contributed by atoms with van der Waals surface area (Å²) in [7, 11) is 0. The Morgan fingerprint density at radius 2 is 2.12 bits per heavy atom. The first-order chi connectivity index (χ1) is 7.75. The summed E-state index contributed by atoms with van der Waals surface area (Å²) >= 11 is 0. The summed E-state index contributed by atoms with van der Waals surface area (Å²) in [6.07, 6.45) is 3.07. The molecule has 0 aliphatic carbocycles. The van der Waals surface area contributed by atoms with Crippen LogP contribution in [0.4, 0.5) is 4.39 Å². The molecule has 0 unspecified atom stereocenters. The second kappa shape index (κ2) is 4.70. The molecule has 2 heterocycles. The van der Waals surface area contributed by atoms with Gasteiger partial charge < -0.3 is 4.74 Å². The fraction of sp³-hybridized carbons (Fsp3) is 0.167. The van der Waals surface area contributed by atoms with Crippen LogP contribution in [0, 0.1) is 12.9 Å². The van der Waals surface area contributed by atoms with Crippen LogP contribution in [0.1, 0.15) is 11.3 Å². The lowest BCUT2D eigenvalue weighted by molar-refractivity contribution is 0.298. The fourth-order valence-electron chi connectivity index (χ4n) is 1.27. The quantitative estimate of drug-likeness (QED) is 0.742. The molecule has 2 aromatic rings. The molecule has 0 saturated heterocycles. The Bertz CT molecular complexity index is 471. The van der Waals surface area contributed by atoms with E-state index in [1.54, 1.807) is 12.3 Å². The average Bonchev–Trinajstić information content (AvgIpc) is 2.30. The van der Waals surface area contributed by atoms with E-state index in [9.17, 15) is 4.39 Å². The summed E-state index contributed by atoms with van der Waals surface area (Å²) in [5.41, 5.74) is 1.93. The van der Waals surface area contributed by atoms with Gasteiger partial charge in [-0.1, -0.05) is 6.07 Å². The molecule has 0 aliphatic rings. The van der Waals surface area contributed by atoms with Crippen molar-refractivity contribution in [1.29, 1.82) is 0 Å². The maximum atomic E-state index is 12.5. The van der Waals surface area contributed by atoms with Crippen molar-refractivity contribution in [2.24, 2.45) is 0 Å². The van der Waals surface area contributed by atoms with Crippen LogP contribution < -0.4 is 4.74 Å². The fourth-order valence-corrected chi connectivity index (χ4v) is 1.27. The van der Waals surface area contributed by atoms with Crippen molar-refractivity contribution in [3.05, 3.63) is 53.9 Å². The summed E-state index contributed by atoms with van der Waals surface area (Å²) in [4.78, 5) is 7.69. The largest absolute Gasteiger partial charge is 0.486 e. The van der Waals surface area contributed by atoms with Crippen LogP contribution >= 0.6 is 0 Å². The van der Waals surface area contributed by atoms with Crippen molar-refractivity contribution in [1.82, 2.24) is 9.97 Å². The average molecular weight is 218 g/mol. The number of rotatable bonds is 3. The molecular formula is C12H11FN2O. The van der Waals surface area contributed by atoms with Gasteiger partial charge in [-0.15, -0.1) is 0 Å². The van der Waals surface area contributed by atoms with Crippen LogP contribution in [0.5, 0.6) is 5.75 Å². The molecule has 0 N–H and O–H groups in total. The third-order valence-electron chi connectivity index (χ3n) is 2.19. The van der Waals surface area contributed by atoms with Gasteiger partial charge in [-0.05, 0) is 30.7 Å². The van der Waals surface area contributed by atoms with Crippen molar-refractivity contribution in [3.8, 4) is 5.75 Å². The second-order valence-corrected chi connectivity index (χ2v) is 3.37. The summed E-state index contributed by atoms with van der Waals surface area (Å²) in [5, 5.41) is 0. The summed E-state index contributed by atoms with van der Waals surface area (Å²) in [5.74, 6) is 0.0211. The minimum atomic E-state index is -0.513. The molecule has 0 fully saturated rings. The van der Waals surface area contributed by atoms with Gasteiger partial charge in [0.05, 0.1) is 11.9 Å². The maximum Gasteiger partial charge on any atom is 0.213 e. The van der Waals surface area contributed by atoms with E-state index in [-0.39, 0.29) is 0 Å². The number of halogens is 1. The number of pyridine rings is 2. The van der Waals surface area contributed by atoms with Gasteiger partial charge in [-0.3, -0.25) is 4.98 Å². The molecule has 16 heavy (non-hydrogen) atoms. The topological polar surface area (TPSA) is 35.0 Å². The van der Waals surface area contributed by atoms with E-state index in [4.69, 9.17) is 4.74 Å². The van der Waals surface area contributed by atoms with E-state index in [0.717, 1.165) is 11.3 Å². The molecule has 2 aromatic heterocycles. The lowest BCUT2D eigenvalue weighted by atomic mass is 10.2. The first-order valence-electron chi connectivity index (χ1n) is 4.90. The van der Waals surface area contributed by atoms with Crippen molar-refractivity contribution in [2.75, 3.05) is 0 Å². The zero-order valence-electron chi connectivity index (χ0n) is 8.85. The molecule has 4 heteroatoms. The Labute approximate surface area is 92.9 Å². The molecule has 0 spiro atoms. The van der Waals surface area contributed by atoms with Gasteiger partial charge in [0.15, 0.2) is 0 Å². The Morgan fingerprint density at radius 3 is 2.81 bits per heavy atom. The van der Waals surface area contributed by atoms with Crippen LogP contribution in [-0.4, -0.2) is 9.97 Å². The smallest absolute Gasteiger partial charge is 0.213 e. The lowest BCUT2D eigenvalue weighted by Gasteiger charge is -2.06. The van der Waals surface area contributed by atoms with Crippen molar-refractivity contribution < 1.29 is 9.13 Å². The zero-order chi connectivity index (χ0) is 11.4. The molecule has 3 nitrogen and oxygen atoms in total. The molecule has 0 atom stereocenters. The predicted octanol–water partition coefficient (Wildman–Crippen LogP) is 2.50. The summed E-state index contributed by atoms with van der Waals surface area (Å²) in [6.45, 7) is 2.33. The third-order valence-corrected chi connectivity index (χ3v) is 2.19. The zero-order valence-corrected chi connectivity index (χ0v) is 8.85. The number of nitrogens with zero attached hydrogens (tertiary/aromatic N) is 2. The minimum Gasteiger partial charge on any atom is -0.486 e. The van der Waals surface area contributed by atoms with Crippen molar-refractivity contribution in [3.63, 3.8) is 0 Å². The van der Waals surface area contributed by atoms with Gasteiger partial charge in [-0.25, -0.2) is 4.98 Å². The highest BCUT2D eigenvalue weighted by molar-refractivity contribution is 5.20. The molecule has 82 valence electrons. The van der Waals surface area contributed by atoms with Crippen LogP contribution in [0.15, 0.2) is 36.7 Å². The highest BCUT2D eigenvalue weighted by atomic mass is 19.1. The molecule has 0 radical (unpaired) electrons. The Morgan fingerprint density at radius 1 is 1.25 bits per heavy atom. The summed E-state index contributed by atoms with van der Waals surface area (Å²) in [6, 6.07) is 6.65. The summed E-state index contributed by atoms with van der Waals surface area (Å²) < 4.78 is 18.0. The number of ether oxygens (including phenoxy) is 1. The number of aromatic nitrogens is 2. The maximum absolute atomic E-state index is 12.5. The van der Waals surface area contributed by atoms with E-state index in [1.807, 2.05) is 19.1 Å². The molecule has 0 amide bonds. The van der Waals surface area contributed by atoms with Crippen molar-refractivity contribution >= 4 is 0 Å². The monoisotopic (exact) mass is 218 g/mol. The highest BCUT2D eigenvalue weighted by Gasteiger charge is 2.00. The molecule has 2 rings (SSSR count). The SMILES string of the molecule is Cc1cccnc1COc1ccc(F)nc1. The van der Waals surface area contributed by atoms with Gasteiger partial charge in [-0.2, -0.15) is 4.39 Å². The van der Waals surface area contributed by atoms with E-state index in [2.05, 4.69) is 9.97 Å². The van der Waals surface area contributed by atoms with Crippen LogP contribution in [-0.2, 0) is 6.61 Å². The van der Waals surface area contributed by atoms with Crippen LogP contribution in [0.2, 0.25) is 0 Å². The van der Waals surface area contributed by atoms with Crippen LogP contribution in [0.25, 0.3) is 0 Å². The molecule has 0 aromatic carbocycles. The standard InChI is InChI=1S/C12H11FN2O/c1-9-3-2-6-14-11(9)8-16-10-4-5-12(13)15-7-10/h2-7H,8H2,1H3. The van der Waals surface area contributed by atoms with Gasteiger partial charge >= 0.3 is 0 Å². The van der Waals surface area contributed by atoms with Gasteiger partial charge in [0, 0.05) is 6.20 Å². The Kier molecular flexibility index (Phi) is 3.10. The molecular weight excluding hydrogens is 207 g/mol. The molecule has 0 saturated carbocycles. The van der Waals surface area contributed by atoms with Crippen LogP contribution in [0.3, 0.4) is 0 Å². The van der Waals surface area contributed by atoms with E-state index < -0.39 is 5.95 Å². The third kappa shape index (κ3) is 2.53. The predicted molar refractivity (Wildman–Crippen MR) is 57.5 cm³/mol. The normalized spacial score (nSPS) is 10.1. The highest BCUT2D eigenvalue weighted by Crippen LogP contribution is 2.12. The van der Waals surface area contributed by atoms with Gasteiger partial charge in [0.2, 0.25) is 5.95 Å². The Balaban J connectivity index is 2.02. The first kappa shape index (κ1) is 10.5. The lowest BCUT2D eigenvalue weighted by Crippen LogP contribution is -2.00. The van der Waals surface area contributed by atoms with E-state index >= 15 is 0 Å². The second-order valence-electron chi connectivity index (χ2n) is 3.37. The number of hydrogen-bond acceptors (Lipinski definition) is 3. The van der Waals surface area contributed by atoms with Gasteiger partial charge in [0.1, 0.15) is 12.4 Å². The van der Waals surface area contributed by atoms with Gasteiger partial charge in [0.25, 0.3) is 0 Å². The number of hydrogen-bond donors (Lipinski definition) is 0. The van der Waals surface area contributed by atoms with E-state index in [0.29, 0.717) is 12.4 Å².